The SMILES string of the molecule is CCOC(=O)C(C)(COc1cc(C)cc(C)c1)NC. The summed E-state index contributed by atoms with van der Waals surface area (Å²) in [5.74, 6) is 0.463. The Morgan fingerprint density at radius 3 is 2.32 bits per heavy atom. The Morgan fingerprint density at radius 1 is 1.26 bits per heavy atom. The molecular weight excluding hydrogens is 242 g/mol. The minimum absolute atomic E-state index is 0.227. The van der Waals surface area contributed by atoms with Crippen LogP contribution in [0.1, 0.15) is 25.0 Å². The highest BCUT2D eigenvalue weighted by Crippen LogP contribution is 2.18. The molecule has 4 nitrogen and oxygen atoms in total. The van der Waals surface area contributed by atoms with Crippen LogP contribution in [0.4, 0.5) is 0 Å². The molecule has 1 unspecified atom stereocenters. The Bertz CT molecular complexity index is 425. The number of benzene rings is 1. The van der Waals surface area contributed by atoms with Crippen LogP contribution in [0.2, 0.25) is 0 Å². The van der Waals surface area contributed by atoms with Crippen LogP contribution in [-0.2, 0) is 9.53 Å². The van der Waals surface area contributed by atoms with Gasteiger partial charge in [-0.25, -0.2) is 4.79 Å². The monoisotopic (exact) mass is 265 g/mol. The number of esters is 1. The number of carbonyl (C=O) groups excluding carboxylic acids is 1. The average Bonchev–Trinajstić information content (AvgIpc) is 2.35. The molecule has 0 saturated heterocycles. The Hall–Kier alpha value is -1.55. The van der Waals surface area contributed by atoms with Crippen molar-refractivity contribution in [3.8, 4) is 5.75 Å². The van der Waals surface area contributed by atoms with E-state index in [1.807, 2.05) is 26.0 Å². The van der Waals surface area contributed by atoms with Crippen molar-refractivity contribution in [1.29, 1.82) is 0 Å². The topological polar surface area (TPSA) is 47.6 Å². The molecule has 0 spiro atoms. The van der Waals surface area contributed by atoms with Gasteiger partial charge in [0.05, 0.1) is 6.61 Å². The predicted octanol–water partition coefficient (Wildman–Crippen LogP) is 2.22. The van der Waals surface area contributed by atoms with Gasteiger partial charge < -0.3 is 14.8 Å². The van der Waals surface area contributed by atoms with Gasteiger partial charge in [-0.3, -0.25) is 0 Å². The molecule has 0 aliphatic heterocycles. The standard InChI is InChI=1S/C15H23NO3/c1-6-18-14(17)15(4,16-5)10-19-13-8-11(2)7-12(3)9-13/h7-9,16H,6,10H2,1-5H3. The fourth-order valence-electron chi connectivity index (χ4n) is 1.77. The lowest BCUT2D eigenvalue weighted by atomic mass is 10.0. The Labute approximate surface area is 115 Å². The molecule has 0 aliphatic carbocycles. The van der Waals surface area contributed by atoms with Crippen LogP contribution >= 0.6 is 0 Å². The Balaban J connectivity index is 2.74. The maximum absolute atomic E-state index is 11.9. The zero-order valence-corrected chi connectivity index (χ0v) is 12.4. The first-order valence-electron chi connectivity index (χ1n) is 6.48. The molecule has 0 amide bonds. The van der Waals surface area contributed by atoms with E-state index in [1.54, 1.807) is 20.9 Å². The van der Waals surface area contributed by atoms with Gasteiger partial charge in [0.1, 0.15) is 17.9 Å². The van der Waals surface area contributed by atoms with E-state index in [0.29, 0.717) is 6.61 Å². The van der Waals surface area contributed by atoms with E-state index in [1.165, 1.54) is 0 Å². The van der Waals surface area contributed by atoms with Crippen molar-refractivity contribution >= 4 is 5.97 Å². The number of nitrogens with one attached hydrogen (secondary N) is 1. The molecule has 4 heteroatoms. The normalized spacial score (nSPS) is 13.7. The molecule has 1 rings (SSSR count). The van der Waals surface area contributed by atoms with Gasteiger partial charge in [-0.1, -0.05) is 6.07 Å². The number of carbonyl (C=O) groups is 1. The summed E-state index contributed by atoms with van der Waals surface area (Å²) in [5, 5.41) is 2.96. The highest BCUT2D eigenvalue weighted by Gasteiger charge is 2.34. The fourth-order valence-corrected chi connectivity index (χ4v) is 1.77. The summed E-state index contributed by atoms with van der Waals surface area (Å²) >= 11 is 0. The van der Waals surface area contributed by atoms with Gasteiger partial charge >= 0.3 is 5.97 Å². The lowest BCUT2D eigenvalue weighted by Gasteiger charge is -2.26. The summed E-state index contributed by atoms with van der Waals surface area (Å²) < 4.78 is 10.8. The molecule has 0 heterocycles. The number of likely N-dealkylation sites (N-methyl/N-ethyl adjacent to an activating group) is 1. The fraction of sp³-hybridized carbons (Fsp3) is 0.533. The van der Waals surface area contributed by atoms with Crippen LogP contribution in [-0.4, -0.2) is 31.8 Å². The number of ether oxygens (including phenoxy) is 2. The van der Waals surface area contributed by atoms with Gasteiger partial charge in [-0.2, -0.15) is 0 Å². The molecule has 1 N–H and O–H groups in total. The summed E-state index contributed by atoms with van der Waals surface area (Å²) in [6.45, 7) is 8.18. The number of rotatable bonds is 6. The molecule has 0 saturated carbocycles. The number of aryl methyl sites for hydroxylation is 2. The molecule has 0 fully saturated rings. The molecule has 19 heavy (non-hydrogen) atoms. The van der Waals surface area contributed by atoms with Gasteiger partial charge in [0.25, 0.3) is 0 Å². The molecule has 0 aromatic heterocycles. The molecule has 1 atom stereocenters. The largest absolute Gasteiger partial charge is 0.491 e. The zero-order valence-electron chi connectivity index (χ0n) is 12.4. The summed E-state index contributed by atoms with van der Waals surface area (Å²) in [7, 11) is 1.72. The van der Waals surface area contributed by atoms with Gasteiger partial charge in [0.2, 0.25) is 0 Å². The Kier molecular flexibility index (Phi) is 5.36. The van der Waals surface area contributed by atoms with Crippen LogP contribution < -0.4 is 10.1 Å². The summed E-state index contributed by atoms with van der Waals surface area (Å²) in [4.78, 5) is 11.9. The third-order valence-corrected chi connectivity index (χ3v) is 3.00. The smallest absolute Gasteiger partial charge is 0.329 e. The second kappa shape index (κ2) is 6.57. The molecule has 1 aromatic carbocycles. The number of hydrogen-bond donors (Lipinski definition) is 1. The van der Waals surface area contributed by atoms with E-state index in [-0.39, 0.29) is 12.6 Å². The van der Waals surface area contributed by atoms with Crippen LogP contribution in [0, 0.1) is 13.8 Å². The molecule has 0 bridgehead atoms. The van der Waals surface area contributed by atoms with Crippen molar-refractivity contribution in [2.24, 2.45) is 0 Å². The van der Waals surface area contributed by atoms with Crippen LogP contribution in [0.5, 0.6) is 5.75 Å². The van der Waals surface area contributed by atoms with Crippen molar-refractivity contribution in [2.75, 3.05) is 20.3 Å². The third-order valence-electron chi connectivity index (χ3n) is 3.00. The molecule has 0 radical (unpaired) electrons. The van der Waals surface area contributed by atoms with Crippen molar-refractivity contribution in [2.45, 2.75) is 33.2 Å². The van der Waals surface area contributed by atoms with E-state index in [4.69, 9.17) is 9.47 Å². The maximum Gasteiger partial charge on any atom is 0.329 e. The highest BCUT2D eigenvalue weighted by atomic mass is 16.5. The van der Waals surface area contributed by atoms with Crippen molar-refractivity contribution in [1.82, 2.24) is 5.32 Å². The highest BCUT2D eigenvalue weighted by molar-refractivity contribution is 5.80. The summed E-state index contributed by atoms with van der Waals surface area (Å²) in [6, 6.07) is 5.98. The second-order valence-electron chi connectivity index (χ2n) is 4.91. The zero-order chi connectivity index (χ0) is 14.5. The lowest BCUT2D eigenvalue weighted by molar-refractivity contribution is -0.151. The van der Waals surface area contributed by atoms with E-state index in [0.717, 1.165) is 16.9 Å². The first-order valence-corrected chi connectivity index (χ1v) is 6.48. The minimum atomic E-state index is -0.840. The van der Waals surface area contributed by atoms with E-state index in [9.17, 15) is 4.79 Å². The molecule has 1 aromatic rings. The Morgan fingerprint density at radius 2 is 1.84 bits per heavy atom. The summed E-state index contributed by atoms with van der Waals surface area (Å²) in [5.41, 5.74) is 1.43. The lowest BCUT2D eigenvalue weighted by Crippen LogP contribution is -2.53. The number of hydrogen-bond acceptors (Lipinski definition) is 4. The van der Waals surface area contributed by atoms with Gasteiger partial charge in [0, 0.05) is 0 Å². The van der Waals surface area contributed by atoms with Crippen molar-refractivity contribution < 1.29 is 14.3 Å². The minimum Gasteiger partial charge on any atom is -0.491 e. The third kappa shape index (κ3) is 4.24. The molecular formula is C15H23NO3. The van der Waals surface area contributed by atoms with Gasteiger partial charge in [-0.15, -0.1) is 0 Å². The van der Waals surface area contributed by atoms with E-state index in [2.05, 4.69) is 11.4 Å². The van der Waals surface area contributed by atoms with Crippen molar-refractivity contribution in [3.05, 3.63) is 29.3 Å². The first kappa shape index (κ1) is 15.5. The maximum atomic E-state index is 11.9. The van der Waals surface area contributed by atoms with Crippen LogP contribution in [0.3, 0.4) is 0 Å². The van der Waals surface area contributed by atoms with Crippen LogP contribution in [0.15, 0.2) is 18.2 Å². The van der Waals surface area contributed by atoms with E-state index < -0.39 is 5.54 Å². The van der Waals surface area contributed by atoms with E-state index >= 15 is 0 Å². The quantitative estimate of drug-likeness (QED) is 0.801. The van der Waals surface area contributed by atoms with Gasteiger partial charge in [-0.05, 0) is 58.0 Å². The first-order chi connectivity index (χ1) is 8.91. The van der Waals surface area contributed by atoms with Gasteiger partial charge in [0.15, 0.2) is 0 Å². The van der Waals surface area contributed by atoms with Crippen molar-refractivity contribution in [3.63, 3.8) is 0 Å². The predicted molar refractivity (Wildman–Crippen MR) is 75.5 cm³/mol. The molecule has 106 valence electrons. The summed E-state index contributed by atoms with van der Waals surface area (Å²) in [6.07, 6.45) is 0. The second-order valence-corrected chi connectivity index (χ2v) is 4.91. The van der Waals surface area contributed by atoms with Crippen LogP contribution in [0.25, 0.3) is 0 Å². The molecule has 0 aliphatic rings. The average molecular weight is 265 g/mol.